The first-order valence-corrected chi connectivity index (χ1v) is 17.7. The van der Waals surface area contributed by atoms with Gasteiger partial charge < -0.3 is 4.42 Å². The van der Waals surface area contributed by atoms with Gasteiger partial charge in [0.1, 0.15) is 11.2 Å². The van der Waals surface area contributed by atoms with E-state index in [-0.39, 0.29) is 5.41 Å². The molecule has 7 aromatic carbocycles. The molecule has 0 amide bonds. The van der Waals surface area contributed by atoms with E-state index in [9.17, 15) is 0 Å². The van der Waals surface area contributed by atoms with Crippen molar-refractivity contribution in [2.75, 3.05) is 0 Å². The summed E-state index contributed by atoms with van der Waals surface area (Å²) in [5.41, 5.74) is 14.2. The van der Waals surface area contributed by atoms with Crippen LogP contribution in [0.25, 0.3) is 89.5 Å². The maximum absolute atomic E-state index is 6.58. The van der Waals surface area contributed by atoms with Crippen molar-refractivity contribution in [1.82, 2.24) is 15.0 Å². The SMILES string of the molecule is CC1(C)c2ccccc2-c2cc3c(cc21)oc1cccc(-c2cccc(-c4nc(-c5ccccc5)nc(-c5ccc(-c6ccccc6)cc5)n4)c2)c13. The standard InChI is InChI=1S/C48H33N3O/c1-48(2)40-21-10-9-19-37(40)38-28-39-43(29-41(38)48)52-42-22-12-20-36(44(39)42)34-17-11-18-35(27-34)47-50-45(32-15-7-4-8-16-32)49-46(51-47)33-25-23-31(24-26-33)30-13-5-3-6-14-30/h3-29H,1-2H3. The molecule has 0 unspecified atom stereocenters. The number of nitrogens with zero attached hydrogens (tertiary/aromatic N) is 3. The molecule has 0 N–H and O–H groups in total. The number of furan rings is 1. The van der Waals surface area contributed by atoms with E-state index in [1.54, 1.807) is 0 Å². The molecule has 52 heavy (non-hydrogen) atoms. The van der Waals surface area contributed by atoms with E-state index in [1.165, 1.54) is 27.8 Å². The molecule has 0 radical (unpaired) electrons. The number of hydrogen-bond acceptors (Lipinski definition) is 4. The van der Waals surface area contributed by atoms with E-state index < -0.39 is 0 Å². The third-order valence-electron chi connectivity index (χ3n) is 10.5. The Morgan fingerprint density at radius 1 is 0.385 bits per heavy atom. The van der Waals surface area contributed by atoms with E-state index in [0.29, 0.717) is 17.5 Å². The largest absolute Gasteiger partial charge is 0.456 e. The first-order chi connectivity index (χ1) is 25.5. The zero-order valence-electron chi connectivity index (χ0n) is 28.8. The zero-order chi connectivity index (χ0) is 34.8. The Bertz CT molecular complexity index is 2800. The monoisotopic (exact) mass is 667 g/mol. The molecule has 0 saturated carbocycles. The van der Waals surface area contributed by atoms with Gasteiger partial charge in [-0.25, -0.2) is 15.0 Å². The molecule has 246 valence electrons. The van der Waals surface area contributed by atoms with E-state index in [1.807, 2.05) is 36.4 Å². The summed E-state index contributed by atoms with van der Waals surface area (Å²) in [5, 5.41) is 2.23. The summed E-state index contributed by atoms with van der Waals surface area (Å²) >= 11 is 0. The second-order valence-electron chi connectivity index (χ2n) is 14.0. The highest BCUT2D eigenvalue weighted by Crippen LogP contribution is 2.51. The molecular weight excluding hydrogens is 635 g/mol. The van der Waals surface area contributed by atoms with Crippen LogP contribution >= 0.6 is 0 Å². The van der Waals surface area contributed by atoms with Crippen molar-refractivity contribution in [3.05, 3.63) is 175 Å². The van der Waals surface area contributed by atoms with Gasteiger partial charge in [0.15, 0.2) is 17.5 Å². The molecule has 0 aliphatic heterocycles. The lowest BCUT2D eigenvalue weighted by Crippen LogP contribution is -2.14. The van der Waals surface area contributed by atoms with Crippen LogP contribution in [0.2, 0.25) is 0 Å². The van der Waals surface area contributed by atoms with Crippen LogP contribution < -0.4 is 0 Å². The van der Waals surface area contributed by atoms with Gasteiger partial charge in [0.2, 0.25) is 0 Å². The number of hydrogen-bond donors (Lipinski definition) is 0. The summed E-state index contributed by atoms with van der Waals surface area (Å²) < 4.78 is 6.58. The second-order valence-corrected chi connectivity index (χ2v) is 14.0. The molecule has 1 aliphatic rings. The predicted molar refractivity (Wildman–Crippen MR) is 212 cm³/mol. The summed E-state index contributed by atoms with van der Waals surface area (Å²) in [6, 6.07) is 57.1. The highest BCUT2D eigenvalue weighted by molar-refractivity contribution is 6.14. The Balaban J connectivity index is 1.11. The van der Waals surface area contributed by atoms with Crippen LogP contribution in [0.4, 0.5) is 0 Å². The lowest BCUT2D eigenvalue weighted by molar-refractivity contribution is 0.647. The van der Waals surface area contributed by atoms with Gasteiger partial charge in [0.05, 0.1) is 0 Å². The minimum atomic E-state index is -0.0951. The van der Waals surface area contributed by atoms with E-state index >= 15 is 0 Å². The maximum atomic E-state index is 6.58. The van der Waals surface area contributed by atoms with Crippen LogP contribution in [0.3, 0.4) is 0 Å². The van der Waals surface area contributed by atoms with Crippen molar-refractivity contribution in [3.63, 3.8) is 0 Å². The van der Waals surface area contributed by atoms with Gasteiger partial charge >= 0.3 is 0 Å². The minimum Gasteiger partial charge on any atom is -0.456 e. The molecule has 9 aromatic rings. The fourth-order valence-electron chi connectivity index (χ4n) is 7.88. The fraction of sp³-hybridized carbons (Fsp3) is 0.0625. The molecule has 0 bridgehead atoms. The molecule has 1 aliphatic carbocycles. The normalized spacial score (nSPS) is 13.0. The smallest absolute Gasteiger partial charge is 0.164 e. The van der Waals surface area contributed by atoms with Gasteiger partial charge in [-0.05, 0) is 68.8 Å². The molecular formula is C48H33N3O. The Hall–Kier alpha value is -6.65. The third-order valence-corrected chi connectivity index (χ3v) is 10.5. The Kier molecular flexibility index (Phi) is 6.80. The average Bonchev–Trinajstić information content (AvgIpc) is 3.69. The molecule has 4 nitrogen and oxygen atoms in total. The lowest BCUT2D eigenvalue weighted by Gasteiger charge is -2.21. The fourth-order valence-corrected chi connectivity index (χ4v) is 7.88. The lowest BCUT2D eigenvalue weighted by atomic mass is 9.82. The number of benzene rings is 7. The summed E-state index contributed by atoms with van der Waals surface area (Å²) in [7, 11) is 0. The van der Waals surface area contributed by atoms with Crippen LogP contribution in [0.1, 0.15) is 25.0 Å². The highest BCUT2D eigenvalue weighted by Gasteiger charge is 2.36. The Labute approximate surface area is 302 Å². The molecule has 2 heterocycles. The van der Waals surface area contributed by atoms with Gasteiger partial charge in [-0.1, -0.05) is 153 Å². The van der Waals surface area contributed by atoms with E-state index in [4.69, 9.17) is 19.4 Å². The quantitative estimate of drug-likeness (QED) is 0.183. The highest BCUT2D eigenvalue weighted by atomic mass is 16.3. The summed E-state index contributed by atoms with van der Waals surface area (Å²) in [6.07, 6.45) is 0. The van der Waals surface area contributed by atoms with E-state index in [2.05, 4.69) is 141 Å². The van der Waals surface area contributed by atoms with Crippen molar-refractivity contribution in [2.24, 2.45) is 0 Å². The molecule has 0 saturated heterocycles. The Morgan fingerprint density at radius 3 is 1.67 bits per heavy atom. The topological polar surface area (TPSA) is 51.8 Å². The molecule has 2 aromatic heterocycles. The minimum absolute atomic E-state index is 0.0951. The van der Waals surface area contributed by atoms with E-state index in [0.717, 1.165) is 55.3 Å². The molecule has 0 spiro atoms. The van der Waals surface area contributed by atoms with Crippen molar-refractivity contribution in [3.8, 4) is 67.5 Å². The number of rotatable bonds is 5. The zero-order valence-corrected chi connectivity index (χ0v) is 28.8. The molecule has 10 rings (SSSR count). The third kappa shape index (κ3) is 4.87. The van der Waals surface area contributed by atoms with Gasteiger partial charge in [0, 0.05) is 32.9 Å². The van der Waals surface area contributed by atoms with Gasteiger partial charge in [0.25, 0.3) is 0 Å². The first kappa shape index (κ1) is 30.2. The van der Waals surface area contributed by atoms with Crippen molar-refractivity contribution in [1.29, 1.82) is 0 Å². The van der Waals surface area contributed by atoms with Crippen LogP contribution in [0, 0.1) is 0 Å². The molecule has 0 fully saturated rings. The van der Waals surface area contributed by atoms with Crippen LogP contribution in [-0.4, -0.2) is 15.0 Å². The molecule has 4 heteroatoms. The van der Waals surface area contributed by atoms with Crippen molar-refractivity contribution >= 4 is 21.9 Å². The van der Waals surface area contributed by atoms with Crippen molar-refractivity contribution < 1.29 is 4.42 Å². The van der Waals surface area contributed by atoms with Gasteiger partial charge in [-0.3, -0.25) is 0 Å². The summed E-state index contributed by atoms with van der Waals surface area (Å²) in [4.78, 5) is 15.1. The summed E-state index contributed by atoms with van der Waals surface area (Å²) in [5.74, 6) is 1.89. The van der Waals surface area contributed by atoms with Crippen LogP contribution in [0.5, 0.6) is 0 Å². The van der Waals surface area contributed by atoms with Gasteiger partial charge in [-0.15, -0.1) is 0 Å². The number of fused-ring (bicyclic) bond motifs is 6. The Morgan fingerprint density at radius 2 is 0.923 bits per heavy atom. The van der Waals surface area contributed by atoms with Crippen LogP contribution in [-0.2, 0) is 5.41 Å². The average molecular weight is 668 g/mol. The number of aromatic nitrogens is 3. The van der Waals surface area contributed by atoms with Crippen LogP contribution in [0.15, 0.2) is 168 Å². The van der Waals surface area contributed by atoms with Gasteiger partial charge in [-0.2, -0.15) is 0 Å². The predicted octanol–water partition coefficient (Wildman–Crippen LogP) is 12.4. The molecule has 0 atom stereocenters. The first-order valence-electron chi connectivity index (χ1n) is 17.7. The van der Waals surface area contributed by atoms with Crippen molar-refractivity contribution in [2.45, 2.75) is 19.3 Å². The second kappa shape index (κ2) is 11.7. The maximum Gasteiger partial charge on any atom is 0.164 e. The summed E-state index contributed by atoms with van der Waals surface area (Å²) in [6.45, 7) is 4.61.